The monoisotopic (exact) mass is 407 g/mol. The Labute approximate surface area is 177 Å². The Bertz CT molecular complexity index is 1590. The summed E-state index contributed by atoms with van der Waals surface area (Å²) in [5.41, 5.74) is 3.85. The van der Waals surface area contributed by atoms with E-state index in [1.165, 1.54) is 7.05 Å². The maximum absolute atomic E-state index is 13.4. The molecule has 0 amide bonds. The second-order valence-electron chi connectivity index (χ2n) is 7.87. The van der Waals surface area contributed by atoms with Crippen LogP contribution in [0.25, 0.3) is 22.2 Å². The Morgan fingerprint density at radius 2 is 1.42 bits per heavy atom. The van der Waals surface area contributed by atoms with E-state index < -0.39 is 0 Å². The zero-order valence-corrected chi connectivity index (χ0v) is 16.8. The van der Waals surface area contributed by atoms with Crippen molar-refractivity contribution < 1.29 is 4.57 Å². The summed E-state index contributed by atoms with van der Waals surface area (Å²) in [6.07, 6.45) is 0. The zero-order chi connectivity index (χ0) is 21.1. The lowest BCUT2D eigenvalue weighted by atomic mass is 9.94. The van der Waals surface area contributed by atoms with E-state index in [0.717, 1.165) is 26.7 Å². The van der Waals surface area contributed by atoms with Gasteiger partial charge in [0.1, 0.15) is 5.52 Å². The molecule has 1 aliphatic rings. The van der Waals surface area contributed by atoms with Gasteiger partial charge in [-0.15, -0.1) is 0 Å². The van der Waals surface area contributed by atoms with Gasteiger partial charge in [0, 0.05) is 18.2 Å². The molecule has 0 bridgehead atoms. The van der Waals surface area contributed by atoms with Gasteiger partial charge in [0.25, 0.3) is 5.56 Å². The molecule has 0 N–H and O–H groups in total. The Hall–Kier alpha value is -4.06. The van der Waals surface area contributed by atoms with Gasteiger partial charge in [-0.1, -0.05) is 72.8 Å². The average Bonchev–Trinajstić information content (AvgIpc) is 3.19. The van der Waals surface area contributed by atoms with Crippen molar-refractivity contribution in [2.24, 2.45) is 7.05 Å². The van der Waals surface area contributed by atoms with Crippen LogP contribution in [-0.4, -0.2) is 14.1 Å². The minimum atomic E-state index is -0.378. The lowest BCUT2D eigenvalue weighted by Crippen LogP contribution is -2.42. The Morgan fingerprint density at radius 1 is 0.806 bits per heavy atom. The third-order valence-electron chi connectivity index (χ3n) is 6.18. The van der Waals surface area contributed by atoms with Crippen LogP contribution in [0, 0.1) is 0 Å². The first-order valence-corrected chi connectivity index (χ1v) is 10.2. The zero-order valence-electron chi connectivity index (χ0n) is 16.8. The van der Waals surface area contributed by atoms with E-state index in [-0.39, 0.29) is 23.3 Å². The van der Waals surface area contributed by atoms with E-state index in [1.807, 2.05) is 72.8 Å². The highest BCUT2D eigenvalue weighted by molar-refractivity contribution is 5.80. The number of hydrogen-bond acceptors (Lipinski definition) is 3. The maximum atomic E-state index is 13.4. The third-order valence-corrected chi connectivity index (χ3v) is 6.18. The smallest absolute Gasteiger partial charge is 0.266 e. The lowest BCUT2D eigenvalue weighted by molar-refractivity contribution is -0.658. The van der Waals surface area contributed by atoms with Gasteiger partial charge in [-0.25, -0.2) is 18.9 Å². The van der Waals surface area contributed by atoms with Crippen molar-refractivity contribution in [2.45, 2.75) is 12.1 Å². The minimum absolute atomic E-state index is 0.200. The molecule has 3 aromatic carbocycles. The predicted molar refractivity (Wildman–Crippen MR) is 118 cm³/mol. The van der Waals surface area contributed by atoms with Gasteiger partial charge in [0.05, 0.1) is 0 Å². The fourth-order valence-electron chi connectivity index (χ4n) is 4.81. The first kappa shape index (κ1) is 17.8. The molecular formula is C25H19N4O2+. The molecule has 2 atom stereocenters. The van der Waals surface area contributed by atoms with Crippen LogP contribution in [0.1, 0.15) is 23.2 Å². The molecule has 3 heterocycles. The Balaban J connectivity index is 1.86. The van der Waals surface area contributed by atoms with Crippen molar-refractivity contribution >= 4 is 22.2 Å². The van der Waals surface area contributed by atoms with E-state index in [9.17, 15) is 9.59 Å². The summed E-state index contributed by atoms with van der Waals surface area (Å²) < 4.78 is 5.02. The van der Waals surface area contributed by atoms with E-state index in [0.29, 0.717) is 11.2 Å². The molecule has 1 aliphatic heterocycles. The summed E-state index contributed by atoms with van der Waals surface area (Å²) in [4.78, 5) is 31.2. The van der Waals surface area contributed by atoms with Crippen molar-refractivity contribution in [3.63, 3.8) is 0 Å². The molecule has 6 rings (SSSR count). The number of rotatable bonds is 2. The molecule has 0 unspecified atom stereocenters. The third kappa shape index (κ3) is 2.39. The van der Waals surface area contributed by atoms with Crippen LogP contribution >= 0.6 is 0 Å². The Morgan fingerprint density at radius 3 is 2.13 bits per heavy atom. The molecule has 0 radical (unpaired) electrons. The molecule has 2 aromatic heterocycles. The van der Waals surface area contributed by atoms with Crippen LogP contribution in [0.4, 0.5) is 0 Å². The molecule has 5 aromatic rings. The van der Waals surface area contributed by atoms with Crippen molar-refractivity contribution in [2.75, 3.05) is 0 Å². The fraction of sp³-hybridized carbons (Fsp3) is 0.120. The standard InChI is InChI=1S/C25H19N4O2/c1-27-24(30)20-23-28(19-15-9-8-14-18(19)26-20)21(16-10-4-2-5-11-16)22(29(23)25(27)31)17-12-6-3-7-13-17/h2-15,21-22H,1H3/q+1/t21-,22-/m1/s1. The van der Waals surface area contributed by atoms with Gasteiger partial charge in [0.15, 0.2) is 17.6 Å². The molecule has 6 heteroatoms. The summed E-state index contributed by atoms with van der Waals surface area (Å²) in [5, 5.41) is 0. The summed E-state index contributed by atoms with van der Waals surface area (Å²) in [5.74, 6) is 0. The van der Waals surface area contributed by atoms with Gasteiger partial charge in [-0.3, -0.25) is 4.79 Å². The van der Waals surface area contributed by atoms with Crippen LogP contribution in [0.5, 0.6) is 0 Å². The maximum Gasteiger partial charge on any atom is 0.418 e. The fourth-order valence-corrected chi connectivity index (χ4v) is 4.81. The minimum Gasteiger partial charge on any atom is -0.266 e. The topological polar surface area (TPSA) is 60.8 Å². The van der Waals surface area contributed by atoms with Gasteiger partial charge in [-0.2, -0.15) is 4.57 Å². The molecule has 31 heavy (non-hydrogen) atoms. The van der Waals surface area contributed by atoms with Crippen molar-refractivity contribution in [1.29, 1.82) is 0 Å². The van der Waals surface area contributed by atoms with Crippen LogP contribution in [0.15, 0.2) is 94.5 Å². The molecule has 0 spiro atoms. The SMILES string of the molecule is Cn1c(=O)c2nc3ccccc3[n+]3c2n(c1=O)[C@H](c1ccccc1)[C@H]3c1ccccc1. The van der Waals surface area contributed by atoms with E-state index in [4.69, 9.17) is 0 Å². The van der Waals surface area contributed by atoms with E-state index >= 15 is 0 Å². The summed E-state index contributed by atoms with van der Waals surface area (Å²) in [6.45, 7) is 0. The normalized spacial score (nSPS) is 17.5. The summed E-state index contributed by atoms with van der Waals surface area (Å²) in [7, 11) is 1.52. The molecular weight excluding hydrogens is 388 g/mol. The lowest BCUT2D eigenvalue weighted by Gasteiger charge is -2.18. The number of aromatic nitrogens is 4. The molecule has 0 saturated carbocycles. The van der Waals surface area contributed by atoms with Crippen molar-refractivity contribution in [3.05, 3.63) is 117 Å². The number of nitrogens with zero attached hydrogens (tertiary/aromatic N) is 4. The quantitative estimate of drug-likeness (QED) is 0.334. The molecule has 0 aliphatic carbocycles. The van der Waals surface area contributed by atoms with Crippen LogP contribution in [0.3, 0.4) is 0 Å². The summed E-state index contributed by atoms with van der Waals surface area (Å²) >= 11 is 0. The molecule has 150 valence electrons. The first-order valence-electron chi connectivity index (χ1n) is 10.2. The number of hydrogen-bond donors (Lipinski definition) is 0. The van der Waals surface area contributed by atoms with Gasteiger partial charge < -0.3 is 0 Å². The highest BCUT2D eigenvalue weighted by atomic mass is 16.2. The van der Waals surface area contributed by atoms with E-state index in [2.05, 4.69) is 21.7 Å². The molecule has 6 nitrogen and oxygen atoms in total. The average molecular weight is 407 g/mol. The number of para-hydroxylation sites is 2. The predicted octanol–water partition coefficient (Wildman–Crippen LogP) is 2.73. The van der Waals surface area contributed by atoms with Crippen LogP contribution in [-0.2, 0) is 7.05 Å². The second-order valence-corrected chi connectivity index (χ2v) is 7.87. The van der Waals surface area contributed by atoms with Gasteiger partial charge >= 0.3 is 11.3 Å². The van der Waals surface area contributed by atoms with Gasteiger partial charge in [0.2, 0.25) is 5.52 Å². The second kappa shape index (κ2) is 6.47. The highest BCUT2D eigenvalue weighted by Gasteiger charge is 2.47. The van der Waals surface area contributed by atoms with E-state index in [1.54, 1.807) is 4.57 Å². The van der Waals surface area contributed by atoms with Crippen molar-refractivity contribution in [3.8, 4) is 0 Å². The Kier molecular flexibility index (Phi) is 3.71. The molecule has 0 saturated heterocycles. The highest BCUT2D eigenvalue weighted by Crippen LogP contribution is 2.38. The number of benzene rings is 3. The summed E-state index contributed by atoms with van der Waals surface area (Å²) in [6, 6.07) is 27.4. The number of fused-ring (bicyclic) bond motifs is 2. The largest absolute Gasteiger partial charge is 0.418 e. The van der Waals surface area contributed by atoms with Crippen molar-refractivity contribution in [1.82, 2.24) is 14.1 Å². The molecule has 0 fully saturated rings. The first-order chi connectivity index (χ1) is 15.2. The van der Waals surface area contributed by atoms with Gasteiger partial charge in [-0.05, 0) is 12.1 Å². The van der Waals surface area contributed by atoms with Crippen LogP contribution in [0.2, 0.25) is 0 Å². The van der Waals surface area contributed by atoms with Crippen LogP contribution < -0.4 is 15.8 Å².